The van der Waals surface area contributed by atoms with Gasteiger partial charge < -0.3 is 4.90 Å². The average molecular weight is 443 g/mol. The number of piperazine rings is 1. The predicted octanol–water partition coefficient (Wildman–Crippen LogP) is 3.51. The summed E-state index contributed by atoms with van der Waals surface area (Å²) in [6.45, 7) is 9.90. The quantitative estimate of drug-likeness (QED) is 0.512. The Labute approximate surface area is 193 Å². The molecule has 1 aliphatic rings. The number of aromatic amines is 1. The number of H-pyrrole nitrogens is 1. The molecule has 1 saturated heterocycles. The molecule has 0 spiro atoms. The smallest absolute Gasteiger partial charge is 0.277 e. The maximum Gasteiger partial charge on any atom is 0.277 e. The van der Waals surface area contributed by atoms with Gasteiger partial charge in [-0.25, -0.2) is 4.98 Å². The molecule has 0 saturated carbocycles. The summed E-state index contributed by atoms with van der Waals surface area (Å²) in [7, 11) is 0. The topological polar surface area (TPSA) is 69.5 Å². The third-order valence-electron chi connectivity index (χ3n) is 6.65. The summed E-state index contributed by atoms with van der Waals surface area (Å²) in [4.78, 5) is 27.4. The second kappa shape index (κ2) is 8.83. The minimum Gasteiger partial charge on any atom is -0.369 e. The van der Waals surface area contributed by atoms with Crippen molar-refractivity contribution in [2.75, 3.05) is 31.1 Å². The molecule has 0 bridgehead atoms. The fourth-order valence-electron chi connectivity index (χ4n) is 4.67. The molecule has 1 aliphatic heterocycles. The van der Waals surface area contributed by atoms with Crippen molar-refractivity contribution < 1.29 is 0 Å². The van der Waals surface area contributed by atoms with Crippen LogP contribution in [-0.4, -0.2) is 50.7 Å². The van der Waals surface area contributed by atoms with Crippen molar-refractivity contribution in [1.29, 1.82) is 0 Å². The molecule has 1 atom stereocenters. The average Bonchev–Trinajstić information content (AvgIpc) is 3.26. The first-order valence-electron chi connectivity index (χ1n) is 11.6. The highest BCUT2D eigenvalue weighted by atomic mass is 16.1. The van der Waals surface area contributed by atoms with E-state index >= 15 is 0 Å². The molecule has 2 aromatic heterocycles. The number of nitrogens with one attached hydrogen (secondary N) is 1. The van der Waals surface area contributed by atoms with Crippen molar-refractivity contribution in [2.24, 2.45) is 0 Å². The Kier molecular flexibility index (Phi) is 5.72. The van der Waals surface area contributed by atoms with Gasteiger partial charge >= 0.3 is 0 Å². The van der Waals surface area contributed by atoms with Crippen molar-refractivity contribution in [2.45, 2.75) is 33.2 Å². The molecule has 1 N–H and O–H groups in total. The maximum absolute atomic E-state index is 13.3. The van der Waals surface area contributed by atoms with E-state index in [9.17, 15) is 4.79 Å². The minimum atomic E-state index is -0.0705. The number of nitrogens with zero attached hydrogens (tertiary/aromatic N) is 5. The Balaban J connectivity index is 1.36. The van der Waals surface area contributed by atoms with Crippen LogP contribution in [0.4, 0.5) is 5.69 Å². The number of rotatable bonds is 5. The number of benzene rings is 2. The van der Waals surface area contributed by atoms with Gasteiger partial charge in [-0.05, 0) is 38.5 Å². The van der Waals surface area contributed by atoms with Crippen LogP contribution in [0.3, 0.4) is 0 Å². The zero-order chi connectivity index (χ0) is 22.9. The molecule has 7 heteroatoms. The number of fused-ring (bicyclic) bond motifs is 1. The Morgan fingerprint density at radius 1 is 0.970 bits per heavy atom. The molecular weight excluding hydrogens is 412 g/mol. The zero-order valence-electron chi connectivity index (χ0n) is 19.5. The van der Waals surface area contributed by atoms with Gasteiger partial charge in [0, 0.05) is 43.9 Å². The molecule has 4 aromatic rings. The molecule has 3 heterocycles. The van der Waals surface area contributed by atoms with Gasteiger partial charge in [0.15, 0.2) is 0 Å². The maximum atomic E-state index is 13.3. The van der Waals surface area contributed by atoms with Gasteiger partial charge in [-0.15, -0.1) is 0 Å². The molecule has 1 unspecified atom stereocenters. The lowest BCUT2D eigenvalue weighted by molar-refractivity contribution is 0.192. The van der Waals surface area contributed by atoms with Crippen LogP contribution >= 0.6 is 0 Å². The van der Waals surface area contributed by atoms with Gasteiger partial charge in [-0.3, -0.25) is 14.8 Å². The molecular formula is C26H30N6O. The van der Waals surface area contributed by atoms with Crippen molar-refractivity contribution >= 4 is 11.5 Å². The zero-order valence-corrected chi connectivity index (χ0v) is 19.5. The number of aromatic nitrogens is 4. The van der Waals surface area contributed by atoms with Crippen molar-refractivity contribution in [3.05, 3.63) is 93.2 Å². The van der Waals surface area contributed by atoms with E-state index in [1.165, 1.54) is 15.8 Å². The van der Waals surface area contributed by atoms with Crippen LogP contribution in [0.5, 0.6) is 0 Å². The monoisotopic (exact) mass is 442 g/mol. The normalized spacial score (nSPS) is 15.8. The van der Waals surface area contributed by atoms with E-state index in [1.807, 2.05) is 19.1 Å². The van der Waals surface area contributed by atoms with Crippen LogP contribution in [0.2, 0.25) is 0 Å². The predicted molar refractivity (Wildman–Crippen MR) is 131 cm³/mol. The number of aryl methyl sites for hydroxylation is 2. The number of hydrogen-bond acceptors (Lipinski definition) is 5. The number of hydrogen-bond donors (Lipinski definition) is 1. The molecule has 0 amide bonds. The van der Waals surface area contributed by atoms with E-state index in [4.69, 9.17) is 0 Å². The summed E-state index contributed by atoms with van der Waals surface area (Å²) < 4.78 is 1.50. The van der Waals surface area contributed by atoms with Crippen LogP contribution < -0.4 is 10.5 Å². The highest BCUT2D eigenvalue weighted by molar-refractivity contribution is 5.46. The molecule has 2 aromatic carbocycles. The van der Waals surface area contributed by atoms with Gasteiger partial charge in [0.05, 0.1) is 11.7 Å². The Morgan fingerprint density at radius 3 is 2.45 bits per heavy atom. The van der Waals surface area contributed by atoms with Gasteiger partial charge in [0.25, 0.3) is 11.3 Å². The Bertz CT molecular complexity index is 1320. The van der Waals surface area contributed by atoms with Crippen molar-refractivity contribution in [3.8, 4) is 0 Å². The van der Waals surface area contributed by atoms with Crippen LogP contribution in [0.15, 0.2) is 59.4 Å². The van der Waals surface area contributed by atoms with Crippen LogP contribution in [-0.2, 0) is 6.42 Å². The van der Waals surface area contributed by atoms with Crippen molar-refractivity contribution in [1.82, 2.24) is 24.5 Å². The van der Waals surface area contributed by atoms with Gasteiger partial charge in [-0.2, -0.15) is 9.50 Å². The summed E-state index contributed by atoms with van der Waals surface area (Å²) in [5.74, 6) is 1.22. The molecule has 33 heavy (non-hydrogen) atoms. The van der Waals surface area contributed by atoms with Crippen LogP contribution in [0, 0.1) is 13.8 Å². The molecule has 5 rings (SSSR count). The summed E-state index contributed by atoms with van der Waals surface area (Å²) in [5, 5.41) is 3.24. The molecule has 0 radical (unpaired) electrons. The fourth-order valence-corrected chi connectivity index (χ4v) is 4.67. The number of para-hydroxylation sites is 1. The third kappa shape index (κ3) is 4.28. The molecule has 1 fully saturated rings. The standard InChI is InChI=1S/C26H30N6O/c1-18-8-7-9-21(16-18)17-23-19(2)27-26-28-24(29-32(26)25(23)33)20(3)30-12-14-31(15-13-30)22-10-5-4-6-11-22/h4-11,16,20H,12-15,17H2,1-3H3,(H,27,28,29). The van der Waals surface area contributed by atoms with E-state index in [-0.39, 0.29) is 11.6 Å². The summed E-state index contributed by atoms with van der Waals surface area (Å²) in [6, 6.07) is 18.9. The number of anilines is 1. The van der Waals surface area contributed by atoms with E-state index in [0.29, 0.717) is 17.8 Å². The van der Waals surface area contributed by atoms with Crippen LogP contribution in [0.1, 0.15) is 41.2 Å². The second-order valence-corrected chi connectivity index (χ2v) is 8.93. The van der Waals surface area contributed by atoms with Crippen LogP contribution in [0.25, 0.3) is 5.78 Å². The second-order valence-electron chi connectivity index (χ2n) is 8.93. The lowest BCUT2D eigenvalue weighted by Crippen LogP contribution is -2.47. The SMILES string of the molecule is Cc1cccc(Cc2c(C)nc3nc(C(C)N4CCN(c5ccccc5)CC4)[nH]n3c2=O)c1. The highest BCUT2D eigenvalue weighted by Gasteiger charge is 2.25. The summed E-state index contributed by atoms with van der Waals surface area (Å²) in [5.41, 5.74) is 4.94. The highest BCUT2D eigenvalue weighted by Crippen LogP contribution is 2.22. The molecule has 170 valence electrons. The first-order chi connectivity index (χ1) is 16.0. The summed E-state index contributed by atoms with van der Waals surface area (Å²) >= 11 is 0. The Hall–Kier alpha value is -3.45. The lowest BCUT2D eigenvalue weighted by Gasteiger charge is -2.38. The lowest BCUT2D eigenvalue weighted by atomic mass is 10.0. The minimum absolute atomic E-state index is 0.0705. The van der Waals surface area contributed by atoms with Gasteiger partial charge in [0.2, 0.25) is 0 Å². The van der Waals surface area contributed by atoms with Crippen molar-refractivity contribution in [3.63, 3.8) is 0 Å². The third-order valence-corrected chi connectivity index (χ3v) is 6.65. The largest absolute Gasteiger partial charge is 0.369 e. The first-order valence-corrected chi connectivity index (χ1v) is 11.6. The van der Waals surface area contributed by atoms with Gasteiger partial charge in [-0.1, -0.05) is 48.0 Å². The molecule has 0 aliphatic carbocycles. The van der Waals surface area contributed by atoms with Gasteiger partial charge in [0.1, 0.15) is 5.82 Å². The van der Waals surface area contributed by atoms with E-state index < -0.39 is 0 Å². The summed E-state index contributed by atoms with van der Waals surface area (Å²) in [6.07, 6.45) is 0.563. The fraction of sp³-hybridized carbons (Fsp3) is 0.346. The van der Waals surface area contributed by atoms with E-state index in [2.05, 4.69) is 81.2 Å². The first kappa shape index (κ1) is 21.4. The van der Waals surface area contributed by atoms with E-state index in [1.54, 1.807) is 0 Å². The molecule has 7 nitrogen and oxygen atoms in total. The Morgan fingerprint density at radius 2 is 1.73 bits per heavy atom. The van der Waals surface area contributed by atoms with E-state index in [0.717, 1.165) is 43.3 Å².